The number of H-pyrrole nitrogens is 1. The van der Waals surface area contributed by atoms with Crippen molar-refractivity contribution in [3.63, 3.8) is 0 Å². The van der Waals surface area contributed by atoms with Gasteiger partial charge < -0.3 is 20.4 Å². The lowest BCUT2D eigenvalue weighted by Crippen LogP contribution is -2.44. The number of fused-ring (bicyclic) bond motifs is 1. The van der Waals surface area contributed by atoms with Gasteiger partial charge in [0.25, 0.3) is 0 Å². The van der Waals surface area contributed by atoms with Crippen molar-refractivity contribution in [2.75, 3.05) is 26.3 Å². The van der Waals surface area contributed by atoms with Crippen LogP contribution in [0.3, 0.4) is 0 Å². The summed E-state index contributed by atoms with van der Waals surface area (Å²) in [5.41, 5.74) is 3.21. The normalized spacial score (nSPS) is 17.5. The van der Waals surface area contributed by atoms with Gasteiger partial charge in [0, 0.05) is 53.6 Å². The molecule has 2 unspecified atom stereocenters. The first-order valence-corrected chi connectivity index (χ1v) is 9.98. The number of carbonyl (C=O) groups is 1. The molecule has 0 saturated carbocycles. The third kappa shape index (κ3) is 5.11. The van der Waals surface area contributed by atoms with Gasteiger partial charge in [0.1, 0.15) is 0 Å². The second-order valence-corrected chi connectivity index (χ2v) is 7.51. The molecule has 0 aliphatic carbocycles. The van der Waals surface area contributed by atoms with Crippen LogP contribution in [0.1, 0.15) is 23.5 Å². The van der Waals surface area contributed by atoms with Crippen LogP contribution in [0.2, 0.25) is 5.02 Å². The Hall–Kier alpha value is -2.05. The molecular formula is C22H25Cl2N3O2. The average Bonchev–Trinajstić information content (AvgIpc) is 3.14. The molecule has 4 rings (SSSR count). The van der Waals surface area contributed by atoms with E-state index in [1.807, 2.05) is 42.6 Å². The summed E-state index contributed by atoms with van der Waals surface area (Å²) < 4.78 is 5.44. The molecule has 0 bridgehead atoms. The highest BCUT2D eigenvalue weighted by Gasteiger charge is 2.22. The Morgan fingerprint density at radius 1 is 1.17 bits per heavy atom. The number of ether oxygens (including phenoxy) is 1. The Labute approximate surface area is 181 Å². The van der Waals surface area contributed by atoms with Gasteiger partial charge in [-0.05, 0) is 23.3 Å². The minimum atomic E-state index is -0.0376. The van der Waals surface area contributed by atoms with Crippen molar-refractivity contribution in [3.05, 3.63) is 70.9 Å². The average molecular weight is 434 g/mol. The maximum atomic E-state index is 12.5. The largest absolute Gasteiger partial charge is 0.378 e. The molecule has 29 heavy (non-hydrogen) atoms. The van der Waals surface area contributed by atoms with Gasteiger partial charge in [0.05, 0.1) is 13.2 Å². The van der Waals surface area contributed by atoms with E-state index in [2.05, 4.69) is 27.8 Å². The number of morpholine rings is 1. The van der Waals surface area contributed by atoms with Gasteiger partial charge in [-0.15, -0.1) is 12.4 Å². The lowest BCUT2D eigenvalue weighted by atomic mass is 9.90. The highest BCUT2D eigenvalue weighted by Crippen LogP contribution is 2.34. The number of hydrogen-bond donors (Lipinski definition) is 3. The maximum Gasteiger partial charge on any atom is 0.221 e. The number of nitrogens with one attached hydrogen (secondary N) is 3. The SMILES string of the molecule is Cl.O=C(CC1COCCN1)NCC(c1ccccc1Cl)c1c[nH]c2ccccc12. The Balaban J connectivity index is 0.00000240. The molecule has 3 N–H and O–H groups in total. The number of aromatic nitrogens is 1. The Bertz CT molecular complexity index is 954. The van der Waals surface area contributed by atoms with Gasteiger partial charge in [-0.1, -0.05) is 48.0 Å². The number of aromatic amines is 1. The fourth-order valence-electron chi connectivity index (χ4n) is 3.79. The molecule has 1 saturated heterocycles. The topological polar surface area (TPSA) is 66.2 Å². The lowest BCUT2D eigenvalue weighted by Gasteiger charge is -2.24. The van der Waals surface area contributed by atoms with Crippen molar-refractivity contribution >= 4 is 40.8 Å². The summed E-state index contributed by atoms with van der Waals surface area (Å²) in [6, 6.07) is 16.1. The van der Waals surface area contributed by atoms with Crippen LogP contribution in [-0.2, 0) is 9.53 Å². The number of benzene rings is 2. The van der Waals surface area contributed by atoms with Crippen LogP contribution in [0, 0.1) is 0 Å². The number of carbonyl (C=O) groups excluding carboxylic acids is 1. The van der Waals surface area contributed by atoms with E-state index < -0.39 is 0 Å². The van der Waals surface area contributed by atoms with E-state index in [1.54, 1.807) is 0 Å². The van der Waals surface area contributed by atoms with Gasteiger partial charge in [0.15, 0.2) is 0 Å². The fraction of sp³-hybridized carbons (Fsp3) is 0.318. The van der Waals surface area contributed by atoms with E-state index in [4.69, 9.17) is 16.3 Å². The van der Waals surface area contributed by atoms with E-state index in [-0.39, 0.29) is 30.3 Å². The minimum absolute atomic E-state index is 0. The van der Waals surface area contributed by atoms with Gasteiger partial charge in [0.2, 0.25) is 5.91 Å². The molecule has 7 heteroatoms. The van der Waals surface area contributed by atoms with E-state index in [9.17, 15) is 4.79 Å². The van der Waals surface area contributed by atoms with Gasteiger partial charge in [-0.25, -0.2) is 0 Å². The van der Waals surface area contributed by atoms with Crippen LogP contribution in [0.4, 0.5) is 0 Å². The zero-order valence-electron chi connectivity index (χ0n) is 16.0. The van der Waals surface area contributed by atoms with E-state index in [1.165, 1.54) is 0 Å². The number of halogens is 2. The Morgan fingerprint density at radius 2 is 1.97 bits per heavy atom. The first-order chi connectivity index (χ1) is 13.7. The summed E-state index contributed by atoms with van der Waals surface area (Å²) in [5.74, 6) is -0.0238. The molecule has 1 aliphatic rings. The molecule has 154 valence electrons. The van der Waals surface area contributed by atoms with Crippen LogP contribution >= 0.6 is 24.0 Å². The van der Waals surface area contributed by atoms with E-state index in [0.29, 0.717) is 31.2 Å². The third-order valence-electron chi connectivity index (χ3n) is 5.21. The smallest absolute Gasteiger partial charge is 0.221 e. The molecule has 2 aromatic carbocycles. The van der Waals surface area contributed by atoms with Crippen LogP contribution < -0.4 is 10.6 Å². The molecule has 3 aromatic rings. The molecule has 1 aliphatic heterocycles. The molecule has 1 amide bonds. The highest BCUT2D eigenvalue weighted by atomic mass is 35.5. The monoisotopic (exact) mass is 433 g/mol. The van der Waals surface area contributed by atoms with E-state index in [0.717, 1.165) is 28.6 Å². The van der Waals surface area contributed by atoms with Crippen molar-refractivity contribution in [3.8, 4) is 0 Å². The summed E-state index contributed by atoms with van der Waals surface area (Å²) in [7, 11) is 0. The zero-order valence-corrected chi connectivity index (χ0v) is 17.6. The standard InChI is InChI=1S/C22H24ClN3O2.ClH/c23-20-7-3-1-5-16(20)18(19-12-25-21-8-4-2-6-17(19)21)13-26-22(27)11-15-14-28-10-9-24-15;/h1-8,12,15,18,24-25H,9-11,13-14H2,(H,26,27);1H. The highest BCUT2D eigenvalue weighted by molar-refractivity contribution is 6.31. The summed E-state index contributed by atoms with van der Waals surface area (Å²) >= 11 is 6.51. The molecule has 2 heterocycles. The van der Waals surface area contributed by atoms with Gasteiger partial charge in [-0.2, -0.15) is 0 Å². The Morgan fingerprint density at radius 3 is 2.76 bits per heavy atom. The number of amides is 1. The lowest BCUT2D eigenvalue weighted by molar-refractivity contribution is -0.122. The van der Waals surface area contributed by atoms with Crippen LogP contribution in [0.15, 0.2) is 54.7 Å². The number of hydrogen-bond acceptors (Lipinski definition) is 3. The minimum Gasteiger partial charge on any atom is -0.378 e. The second kappa shape index (κ2) is 10.1. The number of para-hydroxylation sites is 1. The molecule has 0 radical (unpaired) electrons. The van der Waals surface area contributed by atoms with Crippen molar-refractivity contribution < 1.29 is 9.53 Å². The zero-order chi connectivity index (χ0) is 19.3. The first kappa shape index (κ1) is 21.7. The summed E-state index contributed by atoms with van der Waals surface area (Å²) in [4.78, 5) is 15.8. The first-order valence-electron chi connectivity index (χ1n) is 9.60. The van der Waals surface area contributed by atoms with Crippen molar-refractivity contribution in [2.24, 2.45) is 0 Å². The predicted octanol–water partition coefficient (Wildman–Crippen LogP) is 3.87. The van der Waals surface area contributed by atoms with Crippen LogP contribution in [0.25, 0.3) is 10.9 Å². The molecule has 5 nitrogen and oxygen atoms in total. The molecule has 0 spiro atoms. The molecular weight excluding hydrogens is 409 g/mol. The quantitative estimate of drug-likeness (QED) is 0.552. The van der Waals surface area contributed by atoms with Crippen molar-refractivity contribution in [1.29, 1.82) is 0 Å². The van der Waals surface area contributed by atoms with Crippen LogP contribution in [-0.4, -0.2) is 43.2 Å². The Kier molecular flexibility index (Phi) is 7.56. The summed E-state index contributed by atoms with van der Waals surface area (Å²) in [6.07, 6.45) is 2.42. The number of rotatable bonds is 6. The summed E-state index contributed by atoms with van der Waals surface area (Å²) in [6.45, 7) is 2.55. The van der Waals surface area contributed by atoms with Crippen LogP contribution in [0.5, 0.6) is 0 Å². The molecule has 2 atom stereocenters. The van der Waals surface area contributed by atoms with E-state index >= 15 is 0 Å². The predicted molar refractivity (Wildman–Crippen MR) is 119 cm³/mol. The summed E-state index contributed by atoms with van der Waals surface area (Å²) in [5, 5.41) is 8.27. The van der Waals surface area contributed by atoms with Gasteiger partial charge in [-0.3, -0.25) is 4.79 Å². The molecule has 1 aromatic heterocycles. The maximum absolute atomic E-state index is 12.5. The van der Waals surface area contributed by atoms with Crippen molar-refractivity contribution in [2.45, 2.75) is 18.4 Å². The fourth-order valence-corrected chi connectivity index (χ4v) is 4.06. The molecule has 1 fully saturated rings. The van der Waals surface area contributed by atoms with Crippen molar-refractivity contribution in [1.82, 2.24) is 15.6 Å². The second-order valence-electron chi connectivity index (χ2n) is 7.10. The third-order valence-corrected chi connectivity index (χ3v) is 5.56. The van der Waals surface area contributed by atoms with Gasteiger partial charge >= 0.3 is 0 Å².